The van der Waals surface area contributed by atoms with E-state index in [1.807, 2.05) is 48.5 Å². The number of piperazine rings is 1. The molecule has 4 N–H and O–H groups in total. The standard InChI is InChI=1S/C32H34N7O7P.Na.H/c1-2-15-37-21-29(40)38-27(16-22-11-13-26(14-12-22)46-47(43,44)45)31(41)36(19-25-10-6-9-24-18-34-35-30(24)25)20-28(38)39(37)32(42)33-17-23-7-4-3-5-8-23;;/h2-14,18,27-28H,1,15-17,19-21H2,(H,33,42)(H,34,35)(H2,43,44,45);;/q;+1;-1/t27-,28-;;/m0../s1. The first kappa shape index (κ1) is 35.3. The zero-order valence-corrected chi connectivity index (χ0v) is 29.2. The normalized spacial score (nSPS) is 18.3. The van der Waals surface area contributed by atoms with E-state index < -0.39 is 26.1 Å². The van der Waals surface area contributed by atoms with Gasteiger partial charge in [-0.15, -0.1) is 6.58 Å². The number of benzene rings is 3. The monoisotopic (exact) mass is 683 g/mol. The summed E-state index contributed by atoms with van der Waals surface area (Å²) in [6, 6.07) is 19.7. The SMILES string of the molecule is C=CCN1CC(=O)N2[C@@H](Cc3ccc(OP(=O)(O)O)cc3)C(=O)N(Cc3cccc4cn[nH]c34)C[C@@H]2N1C(=O)NCc1ccccc1.[H-].[Na+]. The molecule has 1 aromatic heterocycles. The quantitative estimate of drug-likeness (QED) is 0.101. The second kappa shape index (κ2) is 15.0. The molecular formula is C32H35N7NaO7P. The van der Waals surface area contributed by atoms with Crippen molar-refractivity contribution in [1.29, 1.82) is 0 Å². The molecule has 0 aliphatic carbocycles. The van der Waals surface area contributed by atoms with Gasteiger partial charge in [-0.25, -0.2) is 19.4 Å². The predicted octanol–water partition coefficient (Wildman–Crippen LogP) is -0.112. The van der Waals surface area contributed by atoms with E-state index in [2.05, 4.69) is 26.6 Å². The van der Waals surface area contributed by atoms with Crippen molar-refractivity contribution in [3.05, 3.63) is 108 Å². The van der Waals surface area contributed by atoms with Gasteiger partial charge in [-0.3, -0.25) is 24.5 Å². The van der Waals surface area contributed by atoms with Crippen LogP contribution in [0.3, 0.4) is 0 Å². The molecule has 2 saturated heterocycles. The molecule has 6 rings (SSSR count). The third kappa shape index (κ3) is 7.82. The van der Waals surface area contributed by atoms with Crippen LogP contribution < -0.4 is 39.4 Å². The molecule has 246 valence electrons. The van der Waals surface area contributed by atoms with Gasteiger partial charge in [0.2, 0.25) is 11.8 Å². The van der Waals surface area contributed by atoms with E-state index in [1.165, 1.54) is 22.0 Å². The minimum Gasteiger partial charge on any atom is -1.00 e. The summed E-state index contributed by atoms with van der Waals surface area (Å²) in [6.45, 7) is 4.40. The van der Waals surface area contributed by atoms with Gasteiger partial charge in [-0.05, 0) is 28.8 Å². The van der Waals surface area contributed by atoms with Crippen molar-refractivity contribution >= 4 is 36.6 Å². The Morgan fingerprint density at radius 1 is 1.08 bits per heavy atom. The van der Waals surface area contributed by atoms with Gasteiger partial charge >= 0.3 is 43.4 Å². The summed E-state index contributed by atoms with van der Waals surface area (Å²) < 4.78 is 16.0. The summed E-state index contributed by atoms with van der Waals surface area (Å²) in [7, 11) is -4.76. The van der Waals surface area contributed by atoms with Crippen LogP contribution >= 0.6 is 7.82 Å². The number of carbonyl (C=O) groups is 3. The number of phosphoric acid groups is 1. The van der Waals surface area contributed by atoms with Crippen molar-refractivity contribution < 1.29 is 64.2 Å². The number of fused-ring (bicyclic) bond motifs is 2. The van der Waals surface area contributed by atoms with Crippen LogP contribution in [0.25, 0.3) is 10.9 Å². The van der Waals surface area contributed by atoms with Crippen LogP contribution in [0, 0.1) is 0 Å². The summed E-state index contributed by atoms with van der Waals surface area (Å²) in [5.41, 5.74) is 3.13. The number of para-hydroxylation sites is 1. The van der Waals surface area contributed by atoms with Crippen molar-refractivity contribution in [3.8, 4) is 5.75 Å². The Bertz CT molecular complexity index is 1840. The molecule has 0 radical (unpaired) electrons. The molecule has 0 unspecified atom stereocenters. The number of aromatic amines is 1. The number of hydrogen-bond donors (Lipinski definition) is 4. The molecule has 2 aliphatic heterocycles. The van der Waals surface area contributed by atoms with Crippen molar-refractivity contribution in [2.45, 2.75) is 31.7 Å². The van der Waals surface area contributed by atoms with Gasteiger partial charge < -0.3 is 21.1 Å². The van der Waals surface area contributed by atoms with E-state index in [4.69, 9.17) is 0 Å². The summed E-state index contributed by atoms with van der Waals surface area (Å²) in [4.78, 5) is 63.5. The largest absolute Gasteiger partial charge is 1.00 e. The number of rotatable bonds is 10. The van der Waals surface area contributed by atoms with Crippen LogP contribution in [0.1, 0.15) is 18.1 Å². The molecule has 4 amide bonds. The van der Waals surface area contributed by atoms with Gasteiger partial charge in [0, 0.05) is 31.4 Å². The van der Waals surface area contributed by atoms with E-state index in [1.54, 1.807) is 34.3 Å². The molecule has 3 heterocycles. The Balaban J connectivity index is 0.00000270. The van der Waals surface area contributed by atoms with Crippen LogP contribution in [0.4, 0.5) is 4.79 Å². The number of hydrogen-bond acceptors (Lipinski definition) is 7. The van der Waals surface area contributed by atoms with Gasteiger partial charge in [0.05, 0.1) is 24.8 Å². The Morgan fingerprint density at radius 3 is 2.54 bits per heavy atom. The molecule has 2 atom stereocenters. The summed E-state index contributed by atoms with van der Waals surface area (Å²) in [5.74, 6) is -0.665. The number of H-pyrrole nitrogens is 1. The molecule has 4 aromatic rings. The maximum Gasteiger partial charge on any atom is 1.00 e. The van der Waals surface area contributed by atoms with E-state index in [0.29, 0.717) is 5.56 Å². The molecule has 0 saturated carbocycles. The van der Waals surface area contributed by atoms with Crippen LogP contribution in [-0.2, 0) is 33.7 Å². The fraction of sp³-hybridized carbons (Fsp3) is 0.250. The molecule has 0 bridgehead atoms. The molecule has 3 aromatic carbocycles. The molecule has 14 nitrogen and oxygen atoms in total. The predicted molar refractivity (Wildman–Crippen MR) is 172 cm³/mol. The third-order valence-electron chi connectivity index (χ3n) is 8.17. The van der Waals surface area contributed by atoms with E-state index in [0.717, 1.165) is 22.0 Å². The maximum atomic E-state index is 14.3. The summed E-state index contributed by atoms with van der Waals surface area (Å²) in [6.07, 6.45) is 2.56. The van der Waals surface area contributed by atoms with Gasteiger partial charge in [0.15, 0.2) is 0 Å². The van der Waals surface area contributed by atoms with Crippen molar-refractivity contribution in [1.82, 2.24) is 35.3 Å². The smallest absolute Gasteiger partial charge is 1.00 e. The van der Waals surface area contributed by atoms with Gasteiger partial charge in [0.1, 0.15) is 18.0 Å². The second-order valence-corrected chi connectivity index (χ2v) is 12.5. The number of aromatic nitrogens is 2. The van der Waals surface area contributed by atoms with E-state index in [9.17, 15) is 28.7 Å². The Morgan fingerprint density at radius 2 is 1.83 bits per heavy atom. The summed E-state index contributed by atoms with van der Waals surface area (Å²) in [5, 5.41) is 14.1. The van der Waals surface area contributed by atoms with E-state index in [-0.39, 0.29) is 87.7 Å². The minimum absolute atomic E-state index is 0. The molecule has 16 heteroatoms. The van der Waals surface area contributed by atoms with Crippen LogP contribution in [-0.4, -0.2) is 89.5 Å². The molecule has 0 spiro atoms. The topological polar surface area (TPSA) is 172 Å². The maximum absolute atomic E-state index is 14.3. The Kier molecular flexibility index (Phi) is 11.1. The van der Waals surface area contributed by atoms with Crippen molar-refractivity contribution in [2.24, 2.45) is 0 Å². The number of urea groups is 1. The van der Waals surface area contributed by atoms with Crippen molar-refractivity contribution in [3.63, 3.8) is 0 Å². The molecule has 2 fully saturated rings. The average molecular weight is 684 g/mol. The first-order valence-electron chi connectivity index (χ1n) is 14.9. The fourth-order valence-corrected chi connectivity index (χ4v) is 6.51. The number of nitrogens with one attached hydrogen (secondary N) is 2. The zero-order valence-electron chi connectivity index (χ0n) is 27.3. The fourth-order valence-electron chi connectivity index (χ4n) is 6.11. The first-order valence-corrected chi connectivity index (χ1v) is 16.5. The Labute approximate surface area is 300 Å². The number of nitrogens with zero attached hydrogens (tertiary/aromatic N) is 5. The van der Waals surface area contributed by atoms with Crippen molar-refractivity contribution in [2.75, 3.05) is 19.6 Å². The molecule has 2 aliphatic rings. The van der Waals surface area contributed by atoms with Gasteiger partial charge in [0.25, 0.3) is 0 Å². The zero-order chi connectivity index (χ0) is 33.1. The van der Waals surface area contributed by atoms with E-state index >= 15 is 0 Å². The van der Waals surface area contributed by atoms with Gasteiger partial charge in [-0.1, -0.05) is 66.7 Å². The first-order chi connectivity index (χ1) is 22.6. The second-order valence-electron chi connectivity index (χ2n) is 11.3. The number of amides is 4. The average Bonchev–Trinajstić information content (AvgIpc) is 3.53. The molecule has 48 heavy (non-hydrogen) atoms. The molecular weight excluding hydrogens is 648 g/mol. The number of carbonyl (C=O) groups excluding carboxylic acids is 3. The number of phosphoric ester groups is 1. The van der Waals surface area contributed by atoms with Crippen LogP contribution in [0.5, 0.6) is 5.75 Å². The Hall–Kier alpha value is -4.01. The van der Waals surface area contributed by atoms with Gasteiger partial charge in [-0.2, -0.15) is 5.10 Å². The third-order valence-corrected chi connectivity index (χ3v) is 8.61. The number of hydrazine groups is 1. The van der Waals surface area contributed by atoms with Crippen LogP contribution in [0.15, 0.2) is 91.6 Å². The van der Waals surface area contributed by atoms with Crippen LogP contribution in [0.2, 0.25) is 0 Å². The summed E-state index contributed by atoms with van der Waals surface area (Å²) >= 11 is 0. The minimum atomic E-state index is -4.76.